The molecule has 0 atom stereocenters. The Morgan fingerprint density at radius 3 is 2.79 bits per heavy atom. The lowest BCUT2D eigenvalue weighted by atomic mass is 10.2. The molecule has 14 heavy (non-hydrogen) atoms. The predicted molar refractivity (Wildman–Crippen MR) is 55.2 cm³/mol. The second-order valence-corrected chi connectivity index (χ2v) is 3.95. The van der Waals surface area contributed by atoms with Gasteiger partial charge in [0.05, 0.1) is 4.47 Å². The van der Waals surface area contributed by atoms with Crippen LogP contribution >= 0.6 is 27.5 Å². The maximum atomic E-state index is 12.9. The zero-order chi connectivity index (χ0) is 10.3. The summed E-state index contributed by atoms with van der Waals surface area (Å²) in [4.78, 5) is 11.1. The maximum Gasteiger partial charge on any atom is 0.355 e. The Bertz CT molecular complexity index is 564. The van der Waals surface area contributed by atoms with Crippen LogP contribution in [-0.4, -0.2) is 0 Å². The van der Waals surface area contributed by atoms with Gasteiger partial charge in [-0.15, -0.1) is 0 Å². The summed E-state index contributed by atoms with van der Waals surface area (Å²) in [6.07, 6.45) is 0. The monoisotopic (exact) mass is 276 g/mol. The zero-order valence-corrected chi connectivity index (χ0v) is 9.02. The number of fused-ring (bicyclic) bond motifs is 1. The third kappa shape index (κ3) is 1.55. The van der Waals surface area contributed by atoms with E-state index in [1.807, 2.05) is 0 Å². The number of hydrogen-bond acceptors (Lipinski definition) is 2. The van der Waals surface area contributed by atoms with E-state index >= 15 is 0 Å². The van der Waals surface area contributed by atoms with Gasteiger partial charge >= 0.3 is 5.63 Å². The third-order valence-electron chi connectivity index (χ3n) is 1.71. The summed E-state index contributed by atoms with van der Waals surface area (Å²) in [7, 11) is 0. The van der Waals surface area contributed by atoms with Gasteiger partial charge in [-0.1, -0.05) is 11.6 Å². The van der Waals surface area contributed by atoms with E-state index < -0.39 is 11.4 Å². The average Bonchev–Trinajstić information content (AvgIpc) is 2.08. The Morgan fingerprint density at radius 1 is 1.36 bits per heavy atom. The molecule has 0 aliphatic rings. The van der Waals surface area contributed by atoms with E-state index in [0.29, 0.717) is 15.4 Å². The standard InChI is InChI=1S/C9H3BrClFO2/c10-6-3-5(12)1-4-2-7(11)9(13)14-8(4)6/h1-3H. The Balaban J connectivity index is 2.96. The fourth-order valence-electron chi connectivity index (χ4n) is 1.13. The normalized spacial score (nSPS) is 10.8. The number of halogens is 3. The van der Waals surface area contributed by atoms with E-state index in [0.717, 1.165) is 0 Å². The fourth-order valence-corrected chi connectivity index (χ4v) is 1.82. The highest BCUT2D eigenvalue weighted by molar-refractivity contribution is 9.10. The lowest BCUT2D eigenvalue weighted by Gasteiger charge is -1.99. The largest absolute Gasteiger partial charge is 0.420 e. The van der Waals surface area contributed by atoms with Crippen LogP contribution in [0.15, 0.2) is 31.9 Å². The first-order valence-corrected chi connectivity index (χ1v) is 4.83. The van der Waals surface area contributed by atoms with Crippen molar-refractivity contribution in [3.8, 4) is 0 Å². The molecule has 1 heterocycles. The molecule has 72 valence electrons. The smallest absolute Gasteiger partial charge is 0.355 e. The molecule has 0 radical (unpaired) electrons. The van der Waals surface area contributed by atoms with Crippen molar-refractivity contribution in [2.45, 2.75) is 0 Å². The van der Waals surface area contributed by atoms with Crippen molar-refractivity contribution < 1.29 is 8.81 Å². The number of benzene rings is 1. The molecule has 0 bridgehead atoms. The molecule has 0 saturated heterocycles. The summed E-state index contributed by atoms with van der Waals surface area (Å²) in [5.41, 5.74) is -0.340. The molecule has 0 N–H and O–H groups in total. The van der Waals surface area contributed by atoms with Crippen LogP contribution in [0, 0.1) is 5.82 Å². The Morgan fingerprint density at radius 2 is 2.07 bits per heavy atom. The minimum atomic E-state index is -0.633. The second kappa shape index (κ2) is 3.37. The topological polar surface area (TPSA) is 30.2 Å². The van der Waals surface area contributed by atoms with Gasteiger partial charge in [0.2, 0.25) is 0 Å². The third-order valence-corrected chi connectivity index (χ3v) is 2.56. The van der Waals surface area contributed by atoms with Gasteiger partial charge in [-0.3, -0.25) is 0 Å². The van der Waals surface area contributed by atoms with Crippen molar-refractivity contribution >= 4 is 38.5 Å². The zero-order valence-electron chi connectivity index (χ0n) is 6.68. The Labute approximate surface area is 91.4 Å². The van der Waals surface area contributed by atoms with Gasteiger partial charge in [-0.05, 0) is 34.1 Å². The highest BCUT2D eigenvalue weighted by atomic mass is 79.9. The molecule has 1 aromatic heterocycles. The molecule has 2 nitrogen and oxygen atoms in total. The molecule has 2 rings (SSSR count). The quantitative estimate of drug-likeness (QED) is 0.691. The SMILES string of the molecule is O=c1oc2c(Br)cc(F)cc2cc1Cl. The summed E-state index contributed by atoms with van der Waals surface area (Å²) in [6.45, 7) is 0. The molecule has 5 heteroatoms. The van der Waals surface area contributed by atoms with Gasteiger partial charge < -0.3 is 4.42 Å². The molecule has 0 spiro atoms. The highest BCUT2D eigenvalue weighted by Gasteiger charge is 2.07. The molecule has 0 unspecified atom stereocenters. The van der Waals surface area contributed by atoms with Gasteiger partial charge in [0, 0.05) is 5.39 Å². The van der Waals surface area contributed by atoms with Crippen molar-refractivity contribution in [2.24, 2.45) is 0 Å². The summed E-state index contributed by atoms with van der Waals surface area (Å²) >= 11 is 8.64. The van der Waals surface area contributed by atoms with E-state index in [1.165, 1.54) is 18.2 Å². The van der Waals surface area contributed by atoms with Crippen LogP contribution in [0.2, 0.25) is 5.02 Å². The molecule has 0 fully saturated rings. The fraction of sp³-hybridized carbons (Fsp3) is 0. The molecule has 0 saturated carbocycles. The number of rotatable bonds is 0. The van der Waals surface area contributed by atoms with Gasteiger partial charge in [0.1, 0.15) is 10.8 Å². The van der Waals surface area contributed by atoms with Crippen LogP contribution in [-0.2, 0) is 0 Å². The minimum absolute atomic E-state index is 0.0602. The van der Waals surface area contributed by atoms with Gasteiger partial charge in [0.15, 0.2) is 5.58 Å². The first kappa shape index (κ1) is 9.68. The number of hydrogen-bond donors (Lipinski definition) is 0. The average molecular weight is 277 g/mol. The van der Waals surface area contributed by atoms with E-state index in [2.05, 4.69) is 15.9 Å². The molecular formula is C9H3BrClFO2. The van der Waals surface area contributed by atoms with Gasteiger partial charge in [0.25, 0.3) is 0 Å². The van der Waals surface area contributed by atoms with Crippen molar-refractivity contribution in [1.82, 2.24) is 0 Å². The van der Waals surface area contributed by atoms with Crippen LogP contribution in [0.25, 0.3) is 11.0 Å². The van der Waals surface area contributed by atoms with Gasteiger partial charge in [-0.25, -0.2) is 9.18 Å². The molecule has 2 aromatic rings. The molecule has 0 aliphatic heterocycles. The summed E-state index contributed by atoms with van der Waals surface area (Å²) in [5.74, 6) is -0.422. The highest BCUT2D eigenvalue weighted by Crippen LogP contribution is 2.25. The van der Waals surface area contributed by atoms with Crippen LogP contribution in [0.1, 0.15) is 0 Å². The van der Waals surface area contributed by atoms with Crippen molar-refractivity contribution in [2.75, 3.05) is 0 Å². The van der Waals surface area contributed by atoms with Gasteiger partial charge in [-0.2, -0.15) is 0 Å². The lowest BCUT2D eigenvalue weighted by molar-refractivity contribution is 0.557. The van der Waals surface area contributed by atoms with Crippen LogP contribution < -0.4 is 5.63 Å². The summed E-state index contributed by atoms with van der Waals surface area (Å²) in [6, 6.07) is 3.84. The van der Waals surface area contributed by atoms with Crippen molar-refractivity contribution in [3.05, 3.63) is 43.9 Å². The van der Waals surface area contributed by atoms with Crippen molar-refractivity contribution in [3.63, 3.8) is 0 Å². The first-order valence-electron chi connectivity index (χ1n) is 3.66. The lowest BCUT2D eigenvalue weighted by Crippen LogP contribution is -1.98. The van der Waals surface area contributed by atoms with Crippen LogP contribution in [0.5, 0.6) is 0 Å². The maximum absolute atomic E-state index is 12.9. The first-order chi connectivity index (χ1) is 6.58. The van der Waals surface area contributed by atoms with Crippen molar-refractivity contribution in [1.29, 1.82) is 0 Å². The Kier molecular flexibility index (Phi) is 2.33. The second-order valence-electron chi connectivity index (χ2n) is 2.69. The molecule has 1 aromatic carbocycles. The van der Waals surface area contributed by atoms with E-state index in [1.54, 1.807) is 0 Å². The Hall–Kier alpha value is -0.870. The van der Waals surface area contributed by atoms with E-state index in [-0.39, 0.29) is 5.02 Å². The summed E-state index contributed by atoms with van der Waals surface area (Å²) < 4.78 is 18.2. The predicted octanol–water partition coefficient (Wildman–Crippen LogP) is 3.35. The van der Waals surface area contributed by atoms with E-state index in [9.17, 15) is 9.18 Å². The molecule has 0 amide bonds. The minimum Gasteiger partial charge on any atom is -0.420 e. The summed E-state index contributed by atoms with van der Waals surface area (Å²) in [5, 5.41) is 0.386. The molecule has 0 aliphatic carbocycles. The van der Waals surface area contributed by atoms with Crippen LogP contribution in [0.3, 0.4) is 0 Å². The van der Waals surface area contributed by atoms with E-state index in [4.69, 9.17) is 16.0 Å². The van der Waals surface area contributed by atoms with Crippen LogP contribution in [0.4, 0.5) is 4.39 Å². The molecular weight excluding hydrogens is 274 g/mol.